The van der Waals surface area contributed by atoms with Crippen molar-refractivity contribution in [3.8, 4) is 0 Å². The second-order valence-corrected chi connectivity index (χ2v) is 6.39. The minimum absolute atomic E-state index is 0.200. The van der Waals surface area contributed by atoms with Crippen molar-refractivity contribution >= 4 is 11.7 Å². The van der Waals surface area contributed by atoms with Crippen LogP contribution in [0.2, 0.25) is 0 Å². The van der Waals surface area contributed by atoms with Crippen LogP contribution in [-0.2, 0) is 17.9 Å². The number of benzene rings is 2. The fourth-order valence-electron chi connectivity index (χ4n) is 2.53. The summed E-state index contributed by atoms with van der Waals surface area (Å²) in [6, 6.07) is 15.6. The molecule has 0 radical (unpaired) electrons. The van der Waals surface area contributed by atoms with Gasteiger partial charge in [-0.15, -0.1) is 0 Å². The van der Waals surface area contributed by atoms with Crippen molar-refractivity contribution in [2.24, 2.45) is 5.92 Å². The highest BCUT2D eigenvalue weighted by Crippen LogP contribution is 2.29. The van der Waals surface area contributed by atoms with Crippen LogP contribution in [0.15, 0.2) is 48.5 Å². The van der Waals surface area contributed by atoms with E-state index in [0.29, 0.717) is 13.2 Å². The molecule has 2 aromatic rings. The van der Waals surface area contributed by atoms with Gasteiger partial charge in [0, 0.05) is 18.8 Å². The molecule has 0 aromatic heterocycles. The number of rotatable bonds is 7. The van der Waals surface area contributed by atoms with Crippen molar-refractivity contribution in [2.45, 2.75) is 32.9 Å². The topological polar surface area (TPSA) is 50.4 Å². The lowest BCUT2D eigenvalue weighted by Crippen LogP contribution is -2.28. The van der Waals surface area contributed by atoms with Gasteiger partial charge in [0.15, 0.2) is 0 Å². The second-order valence-electron chi connectivity index (χ2n) is 6.39. The van der Waals surface area contributed by atoms with E-state index in [2.05, 4.69) is 10.6 Å². The molecule has 0 heterocycles. The zero-order chi connectivity index (χ0) is 16.8. The second kappa shape index (κ2) is 7.97. The molecular weight excluding hydrogens is 300 g/mol. The maximum Gasteiger partial charge on any atom is 0.319 e. The first-order chi connectivity index (χ1) is 11.7. The van der Waals surface area contributed by atoms with E-state index in [1.165, 1.54) is 18.4 Å². The molecule has 2 N–H and O–H groups in total. The van der Waals surface area contributed by atoms with Crippen LogP contribution in [0.4, 0.5) is 10.5 Å². The average Bonchev–Trinajstić information content (AvgIpc) is 3.39. The van der Waals surface area contributed by atoms with Gasteiger partial charge in [-0.3, -0.25) is 0 Å². The smallest absolute Gasteiger partial charge is 0.319 e. The number of anilines is 1. The van der Waals surface area contributed by atoms with Crippen molar-refractivity contribution < 1.29 is 9.53 Å². The molecule has 1 aliphatic carbocycles. The van der Waals surface area contributed by atoms with Crippen LogP contribution in [-0.4, -0.2) is 12.6 Å². The molecule has 4 heteroatoms. The van der Waals surface area contributed by atoms with Gasteiger partial charge >= 0.3 is 6.03 Å². The third-order valence-electron chi connectivity index (χ3n) is 4.20. The number of hydrogen-bond acceptors (Lipinski definition) is 2. The molecule has 0 atom stereocenters. The predicted molar refractivity (Wildman–Crippen MR) is 95.9 cm³/mol. The number of carbonyl (C=O) groups excluding carboxylic acids is 1. The molecule has 4 nitrogen and oxygen atoms in total. The van der Waals surface area contributed by atoms with Gasteiger partial charge in [-0.1, -0.05) is 36.4 Å². The number of ether oxygens (including phenoxy) is 1. The molecule has 0 bridgehead atoms. The first kappa shape index (κ1) is 16.5. The van der Waals surface area contributed by atoms with Gasteiger partial charge in [0.1, 0.15) is 0 Å². The molecule has 0 saturated heterocycles. The lowest BCUT2D eigenvalue weighted by atomic mass is 10.1. The third-order valence-corrected chi connectivity index (χ3v) is 4.20. The number of aryl methyl sites for hydroxylation is 1. The fraction of sp³-hybridized carbons (Fsp3) is 0.350. The Bertz CT molecular complexity index is 696. The molecule has 0 unspecified atom stereocenters. The van der Waals surface area contributed by atoms with Crippen LogP contribution in [0.3, 0.4) is 0 Å². The number of amides is 2. The molecule has 1 saturated carbocycles. The predicted octanol–water partition coefficient (Wildman–Crippen LogP) is 4.24. The Hall–Kier alpha value is -2.33. The highest BCUT2D eigenvalue weighted by Gasteiger charge is 2.21. The SMILES string of the molecule is Cc1ccccc1CNC(=O)Nc1cccc(COCC2CC2)c1. The van der Waals surface area contributed by atoms with E-state index in [-0.39, 0.29) is 6.03 Å². The number of hydrogen-bond donors (Lipinski definition) is 2. The summed E-state index contributed by atoms with van der Waals surface area (Å²) < 4.78 is 5.69. The van der Waals surface area contributed by atoms with Crippen LogP contribution in [0.1, 0.15) is 29.5 Å². The van der Waals surface area contributed by atoms with Crippen LogP contribution in [0, 0.1) is 12.8 Å². The highest BCUT2D eigenvalue weighted by molar-refractivity contribution is 5.89. The maximum atomic E-state index is 12.1. The van der Waals surface area contributed by atoms with E-state index in [1.807, 2.05) is 55.5 Å². The Kier molecular flexibility index (Phi) is 5.49. The summed E-state index contributed by atoms with van der Waals surface area (Å²) in [4.78, 5) is 12.1. The minimum atomic E-state index is -0.200. The van der Waals surface area contributed by atoms with Crippen molar-refractivity contribution in [3.63, 3.8) is 0 Å². The van der Waals surface area contributed by atoms with Gasteiger partial charge in [0.2, 0.25) is 0 Å². The summed E-state index contributed by atoms with van der Waals surface area (Å²) in [7, 11) is 0. The molecular formula is C20H24N2O2. The minimum Gasteiger partial charge on any atom is -0.376 e. The molecule has 1 aliphatic rings. The zero-order valence-corrected chi connectivity index (χ0v) is 14.0. The number of urea groups is 1. The summed E-state index contributed by atoms with van der Waals surface area (Å²) in [6.07, 6.45) is 2.59. The monoisotopic (exact) mass is 324 g/mol. The Labute approximate surface area is 143 Å². The van der Waals surface area contributed by atoms with Crippen LogP contribution in [0.5, 0.6) is 0 Å². The van der Waals surface area contributed by atoms with Crippen molar-refractivity contribution in [3.05, 3.63) is 65.2 Å². The molecule has 3 rings (SSSR count). The lowest BCUT2D eigenvalue weighted by Gasteiger charge is -2.10. The Morgan fingerprint density at radius 3 is 2.79 bits per heavy atom. The maximum absolute atomic E-state index is 12.1. The average molecular weight is 324 g/mol. The summed E-state index contributed by atoms with van der Waals surface area (Å²) >= 11 is 0. The van der Waals surface area contributed by atoms with Crippen molar-refractivity contribution in [2.75, 3.05) is 11.9 Å². The van der Waals surface area contributed by atoms with Gasteiger partial charge in [-0.2, -0.15) is 0 Å². The zero-order valence-electron chi connectivity index (χ0n) is 14.0. The van der Waals surface area contributed by atoms with Gasteiger partial charge < -0.3 is 15.4 Å². The Morgan fingerprint density at radius 2 is 2.00 bits per heavy atom. The van der Waals surface area contributed by atoms with Crippen molar-refractivity contribution in [1.82, 2.24) is 5.32 Å². The summed E-state index contributed by atoms with van der Waals surface area (Å²) in [5.41, 5.74) is 4.15. The Balaban J connectivity index is 1.47. The standard InChI is InChI=1S/C20H24N2O2/c1-15-5-2-3-7-18(15)12-21-20(23)22-19-8-4-6-17(11-19)14-24-13-16-9-10-16/h2-8,11,16H,9-10,12-14H2,1H3,(H2,21,22,23). The third kappa shape index (κ3) is 5.10. The van der Waals surface area contributed by atoms with Gasteiger partial charge in [0.25, 0.3) is 0 Å². The van der Waals surface area contributed by atoms with Crippen LogP contribution in [0.25, 0.3) is 0 Å². The summed E-state index contributed by atoms with van der Waals surface area (Å²) in [6.45, 7) is 3.99. The van der Waals surface area contributed by atoms with Gasteiger partial charge in [-0.25, -0.2) is 4.79 Å². The van der Waals surface area contributed by atoms with E-state index >= 15 is 0 Å². The Morgan fingerprint density at radius 1 is 1.17 bits per heavy atom. The van der Waals surface area contributed by atoms with E-state index in [1.54, 1.807) is 0 Å². The quantitative estimate of drug-likeness (QED) is 0.800. The summed E-state index contributed by atoms with van der Waals surface area (Å²) in [5.74, 6) is 0.763. The number of carbonyl (C=O) groups is 1. The van der Waals surface area contributed by atoms with E-state index in [9.17, 15) is 4.79 Å². The first-order valence-corrected chi connectivity index (χ1v) is 8.47. The molecule has 126 valence electrons. The van der Waals surface area contributed by atoms with Crippen LogP contribution >= 0.6 is 0 Å². The van der Waals surface area contributed by atoms with Gasteiger partial charge in [-0.05, 0) is 54.5 Å². The van der Waals surface area contributed by atoms with E-state index in [4.69, 9.17) is 4.74 Å². The van der Waals surface area contributed by atoms with E-state index < -0.39 is 0 Å². The van der Waals surface area contributed by atoms with Gasteiger partial charge in [0.05, 0.1) is 6.61 Å². The summed E-state index contributed by atoms with van der Waals surface area (Å²) in [5, 5.41) is 5.77. The molecule has 2 aromatic carbocycles. The number of nitrogens with one attached hydrogen (secondary N) is 2. The fourth-order valence-corrected chi connectivity index (χ4v) is 2.53. The largest absolute Gasteiger partial charge is 0.376 e. The molecule has 1 fully saturated rings. The molecule has 0 spiro atoms. The molecule has 0 aliphatic heterocycles. The first-order valence-electron chi connectivity index (χ1n) is 8.47. The molecule has 24 heavy (non-hydrogen) atoms. The van der Waals surface area contributed by atoms with Crippen molar-refractivity contribution in [1.29, 1.82) is 0 Å². The highest BCUT2D eigenvalue weighted by atomic mass is 16.5. The lowest BCUT2D eigenvalue weighted by molar-refractivity contribution is 0.111. The van der Waals surface area contributed by atoms with Crippen LogP contribution < -0.4 is 10.6 Å². The normalized spacial score (nSPS) is 13.5. The van der Waals surface area contributed by atoms with E-state index in [0.717, 1.165) is 29.3 Å². The molecule has 2 amide bonds.